The van der Waals surface area contributed by atoms with Crippen LogP contribution in [0.3, 0.4) is 0 Å². The van der Waals surface area contributed by atoms with Crippen molar-refractivity contribution in [3.05, 3.63) is 65.2 Å². The molecular formula is C19H16F4N4O3S2. The predicted octanol–water partition coefficient (Wildman–Crippen LogP) is 4.38. The molecule has 1 aromatic heterocycles. The number of carbonyl (C=O) groups excluding carboxylic acids is 1. The van der Waals surface area contributed by atoms with Gasteiger partial charge in [-0.25, -0.2) is 22.9 Å². The van der Waals surface area contributed by atoms with Gasteiger partial charge in [0.25, 0.3) is 5.91 Å². The molecule has 170 valence electrons. The average molecular weight is 488 g/mol. The van der Waals surface area contributed by atoms with Crippen LogP contribution in [-0.4, -0.2) is 19.3 Å². The summed E-state index contributed by atoms with van der Waals surface area (Å²) in [6, 6.07) is 10.7. The van der Waals surface area contributed by atoms with Crippen molar-refractivity contribution >= 4 is 43.8 Å². The Bertz CT molecular complexity index is 1260. The molecule has 13 heteroatoms. The first-order chi connectivity index (χ1) is 14.8. The van der Waals surface area contributed by atoms with Crippen molar-refractivity contribution in [3.63, 3.8) is 0 Å². The van der Waals surface area contributed by atoms with Gasteiger partial charge in [-0.15, -0.1) is 11.3 Å². The average Bonchev–Trinajstić information content (AvgIpc) is 3.17. The normalized spacial score (nSPS) is 13.9. The molecule has 0 aliphatic carbocycles. The smallest absolute Gasteiger partial charge is 0.332 e. The van der Waals surface area contributed by atoms with Crippen LogP contribution >= 0.6 is 11.3 Å². The van der Waals surface area contributed by atoms with E-state index >= 15 is 4.39 Å². The van der Waals surface area contributed by atoms with E-state index in [1.54, 1.807) is 0 Å². The number of anilines is 3. The number of alkyl halides is 4. The fraction of sp³-hybridized carbons (Fsp3) is 0.158. The molecule has 3 aromatic rings. The van der Waals surface area contributed by atoms with Crippen molar-refractivity contribution in [2.24, 2.45) is 5.14 Å². The van der Waals surface area contributed by atoms with Crippen LogP contribution in [0.25, 0.3) is 0 Å². The Morgan fingerprint density at radius 1 is 1.09 bits per heavy atom. The number of halogens is 4. The molecular weight excluding hydrogens is 472 g/mol. The number of nitrogens with two attached hydrogens (primary N) is 1. The molecule has 2 aromatic carbocycles. The number of amides is 1. The van der Waals surface area contributed by atoms with E-state index in [2.05, 4.69) is 15.6 Å². The molecule has 7 nitrogen and oxygen atoms in total. The minimum absolute atomic E-state index is 0.0680. The topological polar surface area (TPSA) is 114 Å². The van der Waals surface area contributed by atoms with Crippen LogP contribution in [0.1, 0.15) is 18.2 Å². The number of aromatic nitrogens is 1. The monoisotopic (exact) mass is 488 g/mol. The maximum absolute atomic E-state index is 15.4. The molecule has 1 heterocycles. The standard InChI is InChI=1S/C19H16F4N4O3S2/c1-18(20,16(28)26-13-7-2-3-8-14(13)32(24,29)30)11-5-4-6-12(9-11)25-17-27-15(10-31-17)19(21,22)23/h2-10H,1H3,(H,25,27)(H,26,28)(H2,24,29,30). The number of nitrogens with one attached hydrogen (secondary N) is 2. The van der Waals surface area contributed by atoms with Crippen LogP contribution in [-0.2, 0) is 26.7 Å². The number of hydrogen-bond donors (Lipinski definition) is 3. The van der Waals surface area contributed by atoms with Gasteiger partial charge in [0.2, 0.25) is 15.7 Å². The molecule has 0 spiro atoms. The van der Waals surface area contributed by atoms with Crippen LogP contribution < -0.4 is 15.8 Å². The van der Waals surface area contributed by atoms with Crippen molar-refractivity contribution in [1.29, 1.82) is 0 Å². The van der Waals surface area contributed by atoms with E-state index in [-0.39, 0.29) is 27.0 Å². The summed E-state index contributed by atoms with van der Waals surface area (Å²) in [5.41, 5.74) is -3.80. The van der Waals surface area contributed by atoms with E-state index in [1.807, 2.05) is 0 Å². The van der Waals surface area contributed by atoms with E-state index in [1.165, 1.54) is 42.5 Å². The highest BCUT2D eigenvalue weighted by atomic mass is 32.2. The second kappa shape index (κ2) is 8.48. The van der Waals surface area contributed by atoms with Crippen molar-refractivity contribution in [2.75, 3.05) is 10.6 Å². The summed E-state index contributed by atoms with van der Waals surface area (Å²) < 4.78 is 76.9. The highest BCUT2D eigenvalue weighted by Crippen LogP contribution is 2.34. The van der Waals surface area contributed by atoms with Gasteiger partial charge in [-0.3, -0.25) is 4.79 Å². The molecule has 0 fully saturated rings. The van der Waals surface area contributed by atoms with Crippen molar-refractivity contribution in [2.45, 2.75) is 23.7 Å². The lowest BCUT2D eigenvalue weighted by molar-refractivity contribution is -0.140. The first-order valence-corrected chi connectivity index (χ1v) is 11.2. The van der Waals surface area contributed by atoms with Gasteiger partial charge < -0.3 is 10.6 Å². The number of hydrogen-bond acceptors (Lipinski definition) is 6. The molecule has 0 saturated carbocycles. The molecule has 4 N–H and O–H groups in total. The van der Waals surface area contributed by atoms with E-state index in [0.29, 0.717) is 11.3 Å². The quantitative estimate of drug-likeness (QED) is 0.446. The summed E-state index contributed by atoms with van der Waals surface area (Å²) >= 11 is 0.713. The van der Waals surface area contributed by atoms with Crippen molar-refractivity contribution < 1.29 is 30.8 Å². The fourth-order valence-corrected chi connectivity index (χ4v) is 4.09. The lowest BCUT2D eigenvalue weighted by Gasteiger charge is -2.21. The Labute approximate surface area is 184 Å². The molecule has 1 unspecified atom stereocenters. The van der Waals surface area contributed by atoms with Gasteiger partial charge in [0, 0.05) is 16.6 Å². The maximum Gasteiger partial charge on any atom is 0.434 e. The lowest BCUT2D eigenvalue weighted by Crippen LogP contribution is -2.34. The molecule has 0 aliphatic heterocycles. The first-order valence-electron chi connectivity index (χ1n) is 8.81. The van der Waals surface area contributed by atoms with Crippen LogP contribution in [0.15, 0.2) is 58.8 Å². The molecule has 0 radical (unpaired) electrons. The van der Waals surface area contributed by atoms with Crippen LogP contribution in [0.5, 0.6) is 0 Å². The molecule has 3 rings (SSSR count). The summed E-state index contributed by atoms with van der Waals surface area (Å²) in [7, 11) is -4.17. The number of para-hydroxylation sites is 1. The second-order valence-corrected chi connectivity index (χ2v) is 9.13. The van der Waals surface area contributed by atoms with Gasteiger partial charge in [0.05, 0.1) is 5.69 Å². The van der Waals surface area contributed by atoms with Gasteiger partial charge in [0.15, 0.2) is 10.8 Å². The second-order valence-electron chi connectivity index (χ2n) is 6.74. The van der Waals surface area contributed by atoms with Crippen LogP contribution in [0.2, 0.25) is 0 Å². The van der Waals surface area contributed by atoms with Crippen molar-refractivity contribution in [3.8, 4) is 0 Å². The molecule has 32 heavy (non-hydrogen) atoms. The SMILES string of the molecule is CC(F)(C(=O)Nc1ccccc1S(N)(=O)=O)c1cccc(Nc2nc(C(F)(F)F)cs2)c1. The van der Waals surface area contributed by atoms with Crippen LogP contribution in [0, 0.1) is 0 Å². The Morgan fingerprint density at radius 2 is 1.78 bits per heavy atom. The van der Waals surface area contributed by atoms with E-state index < -0.39 is 33.5 Å². The Kier molecular flexibility index (Phi) is 6.26. The van der Waals surface area contributed by atoms with Gasteiger partial charge in [-0.2, -0.15) is 13.2 Å². The highest BCUT2D eigenvalue weighted by Gasteiger charge is 2.36. The zero-order valence-corrected chi connectivity index (χ0v) is 17.9. The molecule has 0 bridgehead atoms. The van der Waals surface area contributed by atoms with E-state index in [4.69, 9.17) is 5.14 Å². The van der Waals surface area contributed by atoms with Crippen molar-refractivity contribution in [1.82, 2.24) is 4.98 Å². The minimum Gasteiger partial charge on any atom is -0.332 e. The molecule has 1 amide bonds. The summed E-state index contributed by atoms with van der Waals surface area (Å²) in [6.45, 7) is 0.964. The highest BCUT2D eigenvalue weighted by molar-refractivity contribution is 7.89. The van der Waals surface area contributed by atoms with Crippen LogP contribution in [0.4, 0.5) is 34.1 Å². The van der Waals surface area contributed by atoms with Gasteiger partial charge in [0.1, 0.15) is 4.90 Å². The minimum atomic E-state index is -4.60. The third kappa shape index (κ3) is 5.23. The zero-order chi connectivity index (χ0) is 23.7. The molecule has 0 saturated heterocycles. The number of thiazole rings is 1. The number of nitrogens with zero attached hydrogens (tertiary/aromatic N) is 1. The number of rotatable bonds is 6. The Morgan fingerprint density at radius 3 is 2.41 bits per heavy atom. The molecule has 0 aliphatic rings. The largest absolute Gasteiger partial charge is 0.434 e. The predicted molar refractivity (Wildman–Crippen MR) is 112 cm³/mol. The number of primary sulfonamides is 1. The number of carbonyl (C=O) groups is 1. The summed E-state index contributed by atoms with van der Waals surface area (Å²) in [5.74, 6) is -1.17. The zero-order valence-electron chi connectivity index (χ0n) is 16.3. The lowest BCUT2D eigenvalue weighted by atomic mass is 9.96. The fourth-order valence-electron chi connectivity index (χ4n) is 2.66. The van der Waals surface area contributed by atoms with E-state index in [0.717, 1.165) is 18.4 Å². The summed E-state index contributed by atoms with van der Waals surface area (Å²) in [5, 5.41) is 10.7. The summed E-state index contributed by atoms with van der Waals surface area (Å²) in [6.07, 6.45) is -4.60. The first kappa shape index (κ1) is 23.6. The van der Waals surface area contributed by atoms with Gasteiger partial charge in [-0.1, -0.05) is 24.3 Å². The summed E-state index contributed by atoms with van der Waals surface area (Å²) in [4.78, 5) is 15.7. The van der Waals surface area contributed by atoms with E-state index in [9.17, 15) is 26.4 Å². The van der Waals surface area contributed by atoms with Gasteiger partial charge >= 0.3 is 6.18 Å². The Hall–Kier alpha value is -3.03. The number of benzene rings is 2. The third-order valence-corrected chi connectivity index (χ3v) is 6.05. The Balaban J connectivity index is 1.83. The number of sulfonamides is 1. The molecule has 1 atom stereocenters. The third-order valence-electron chi connectivity index (χ3n) is 4.32. The maximum atomic E-state index is 15.4. The van der Waals surface area contributed by atoms with Gasteiger partial charge in [-0.05, 0) is 31.2 Å².